The average Bonchev–Trinajstić information content (AvgIpc) is 4.11. The van der Waals surface area contributed by atoms with E-state index >= 15 is 0 Å². The Morgan fingerprint density at radius 1 is 0.941 bits per heavy atom. The van der Waals surface area contributed by atoms with Crippen molar-refractivity contribution in [1.82, 2.24) is 30.3 Å². The van der Waals surface area contributed by atoms with Crippen molar-refractivity contribution in [3.05, 3.63) is 112 Å². The van der Waals surface area contributed by atoms with Crippen molar-refractivity contribution in [3.63, 3.8) is 0 Å². The van der Waals surface area contributed by atoms with Crippen LogP contribution in [0.25, 0.3) is 10.4 Å². The molecule has 13 nitrogen and oxygen atoms in total. The molecule has 2 aromatic heterocycles. The van der Waals surface area contributed by atoms with Crippen LogP contribution in [0, 0.1) is 40.9 Å². The molecule has 2 N–H and O–H groups in total. The largest absolute Gasteiger partial charge is 0.490 e. The van der Waals surface area contributed by atoms with Crippen LogP contribution in [0.15, 0.2) is 84.6 Å². The van der Waals surface area contributed by atoms with Gasteiger partial charge in [-0.1, -0.05) is 77.4 Å². The number of aromatic nitrogens is 3. The van der Waals surface area contributed by atoms with Gasteiger partial charge in [-0.25, -0.2) is 4.98 Å². The lowest BCUT2D eigenvalue weighted by Crippen LogP contribution is -2.74. The predicted octanol–water partition coefficient (Wildman–Crippen LogP) is 9.81. The first-order valence-corrected chi connectivity index (χ1v) is 25.0. The van der Waals surface area contributed by atoms with Crippen molar-refractivity contribution in [2.75, 3.05) is 31.1 Å². The molecule has 8 rings (SSSR count). The van der Waals surface area contributed by atoms with Crippen molar-refractivity contribution in [2.45, 2.75) is 111 Å². The molecule has 358 valence electrons. The summed E-state index contributed by atoms with van der Waals surface area (Å²) >= 11 is 7.88. The summed E-state index contributed by atoms with van der Waals surface area (Å²) in [5.41, 5.74) is 6.31. The second kappa shape index (κ2) is 20.0. The normalized spacial score (nSPS) is 20.8. The summed E-state index contributed by atoms with van der Waals surface area (Å²) in [6.07, 6.45) is 6.57. The zero-order valence-electron chi connectivity index (χ0n) is 40.3. The Balaban J connectivity index is 0.796. The fraction of sp³-hybridized carbons (Fsp3) is 0.472. The van der Waals surface area contributed by atoms with Crippen LogP contribution in [0.1, 0.15) is 113 Å². The standard InChI is InChI=1S/C53H63ClN8O5S/c1-32(2)45(49(65)61-23-9-10-44(61)48(64)58-33(3)36-11-13-37(14-12-36)46-34(4)56-31-68-46)62-29-42(28-57-62)66-30-35-21-24-60(25-22-35)40-18-15-38(16-19-40)47(63)59-50-52(5,6)51(53(50,7)8)67-41-20-17-39(27-55)43(54)26-41/h11-20,26,28-29,31-33,35,44-45,50-51H,9-10,21-25,30H2,1-8H3,(H,58,64)(H,59,63)/t33-,44-,45-,50-,51-/m0/s1. The molecule has 1 saturated carbocycles. The molecule has 15 heteroatoms. The maximum atomic E-state index is 14.2. The number of nitriles is 1. The molecule has 3 aromatic carbocycles. The first-order chi connectivity index (χ1) is 32.5. The monoisotopic (exact) mass is 958 g/mol. The van der Waals surface area contributed by atoms with E-state index in [1.54, 1.807) is 45.3 Å². The van der Waals surface area contributed by atoms with Crippen LogP contribution in [0.5, 0.6) is 11.5 Å². The van der Waals surface area contributed by atoms with Gasteiger partial charge in [0.15, 0.2) is 5.75 Å². The molecule has 0 spiro atoms. The lowest BCUT2D eigenvalue weighted by molar-refractivity contribution is -0.164. The molecular formula is C53H63ClN8O5S. The van der Waals surface area contributed by atoms with Crippen molar-refractivity contribution in [1.29, 1.82) is 5.26 Å². The second-order valence-electron chi connectivity index (χ2n) is 20.2. The summed E-state index contributed by atoms with van der Waals surface area (Å²) in [6, 6.07) is 21.7. The Hall–Kier alpha value is -5.91. The topological polar surface area (TPSA) is 155 Å². The first-order valence-electron chi connectivity index (χ1n) is 23.8. The van der Waals surface area contributed by atoms with Crippen molar-refractivity contribution < 1.29 is 23.9 Å². The number of hydrogen-bond donors (Lipinski definition) is 2. The van der Waals surface area contributed by atoms with Gasteiger partial charge in [-0.2, -0.15) is 10.4 Å². The third-order valence-corrected chi connectivity index (χ3v) is 15.7. The zero-order valence-corrected chi connectivity index (χ0v) is 41.9. The predicted molar refractivity (Wildman–Crippen MR) is 266 cm³/mol. The number of carbonyl (C=O) groups is 3. The molecular weight excluding hydrogens is 896 g/mol. The number of amides is 3. The Morgan fingerprint density at radius 3 is 2.28 bits per heavy atom. The number of aryl methyl sites for hydroxylation is 1. The molecule has 2 aliphatic heterocycles. The fourth-order valence-corrected chi connectivity index (χ4v) is 11.8. The number of thiazole rings is 1. The van der Waals surface area contributed by atoms with Gasteiger partial charge in [-0.3, -0.25) is 19.1 Å². The van der Waals surface area contributed by atoms with E-state index in [2.05, 4.69) is 71.5 Å². The number of piperidine rings is 1. The van der Waals surface area contributed by atoms with E-state index in [-0.39, 0.29) is 52.7 Å². The highest BCUT2D eigenvalue weighted by atomic mass is 35.5. The van der Waals surface area contributed by atoms with Crippen molar-refractivity contribution >= 4 is 46.3 Å². The number of hydrogen-bond acceptors (Lipinski definition) is 10. The average molecular weight is 960 g/mol. The quantitative estimate of drug-likeness (QED) is 0.104. The molecule has 0 bridgehead atoms. The summed E-state index contributed by atoms with van der Waals surface area (Å²) in [6.45, 7) is 19.2. The van der Waals surface area contributed by atoms with Gasteiger partial charge >= 0.3 is 0 Å². The van der Waals surface area contributed by atoms with E-state index in [1.165, 1.54) is 0 Å². The van der Waals surface area contributed by atoms with Gasteiger partial charge in [0.05, 0.1) is 51.7 Å². The van der Waals surface area contributed by atoms with Crippen LogP contribution in [-0.4, -0.2) is 81.8 Å². The van der Waals surface area contributed by atoms with Gasteiger partial charge in [-0.05, 0) is 98.9 Å². The van der Waals surface area contributed by atoms with Gasteiger partial charge in [0, 0.05) is 53.8 Å². The lowest BCUT2D eigenvalue weighted by Gasteiger charge is -2.63. The minimum absolute atomic E-state index is 0.0651. The number of carbonyl (C=O) groups excluding carboxylic acids is 3. The summed E-state index contributed by atoms with van der Waals surface area (Å²) in [5, 5.41) is 20.7. The number of nitrogens with one attached hydrogen (secondary N) is 2. The van der Waals surface area contributed by atoms with Crippen molar-refractivity contribution in [2.24, 2.45) is 22.7 Å². The maximum absolute atomic E-state index is 14.2. The molecule has 3 fully saturated rings. The molecule has 2 saturated heterocycles. The van der Waals surface area contributed by atoms with Gasteiger partial charge < -0.3 is 29.9 Å². The molecule has 4 heterocycles. The number of anilines is 1. The number of nitrogens with zero attached hydrogens (tertiary/aromatic N) is 6. The highest BCUT2D eigenvalue weighted by Gasteiger charge is 2.64. The minimum atomic E-state index is -0.577. The summed E-state index contributed by atoms with van der Waals surface area (Å²) in [5.74, 6) is 1.13. The van der Waals surface area contributed by atoms with Gasteiger partial charge in [-0.15, -0.1) is 11.3 Å². The van der Waals surface area contributed by atoms with Crippen LogP contribution >= 0.6 is 22.9 Å². The van der Waals surface area contributed by atoms with Crippen LogP contribution in [-0.2, 0) is 9.59 Å². The van der Waals surface area contributed by atoms with Crippen LogP contribution in [0.2, 0.25) is 5.02 Å². The first kappa shape index (κ1) is 48.5. The molecule has 1 aliphatic carbocycles. The van der Waals surface area contributed by atoms with E-state index < -0.39 is 12.1 Å². The lowest BCUT2D eigenvalue weighted by atomic mass is 9.49. The third-order valence-electron chi connectivity index (χ3n) is 14.4. The summed E-state index contributed by atoms with van der Waals surface area (Å²) in [7, 11) is 0. The molecule has 0 unspecified atom stereocenters. The van der Waals surface area contributed by atoms with E-state index in [1.807, 2.05) is 75.8 Å². The van der Waals surface area contributed by atoms with E-state index in [0.29, 0.717) is 53.1 Å². The molecule has 0 radical (unpaired) electrons. The number of rotatable bonds is 15. The zero-order chi connectivity index (χ0) is 48.5. The highest BCUT2D eigenvalue weighted by molar-refractivity contribution is 7.13. The number of ether oxygens (including phenoxy) is 2. The minimum Gasteiger partial charge on any atom is -0.490 e. The Morgan fingerprint density at radius 2 is 1.65 bits per heavy atom. The molecule has 3 amide bonds. The van der Waals surface area contributed by atoms with Gasteiger partial charge in [0.1, 0.15) is 30.0 Å². The van der Waals surface area contributed by atoms with E-state index in [0.717, 1.165) is 59.7 Å². The van der Waals surface area contributed by atoms with Crippen LogP contribution in [0.4, 0.5) is 5.69 Å². The Kier molecular flexibility index (Phi) is 14.3. The summed E-state index contributed by atoms with van der Waals surface area (Å²) < 4.78 is 14.4. The molecule has 5 aromatic rings. The highest BCUT2D eigenvalue weighted by Crippen LogP contribution is 2.55. The number of benzene rings is 3. The SMILES string of the molecule is Cc1ncsc1-c1ccc([C@H](C)NC(=O)[C@@H]2CCCN2C(=O)[C@H](C(C)C)n2cc(OCC3CCN(c4ccc(C(=O)N[C@H]5C(C)(C)[C@H](Oc6ccc(C#N)c(Cl)c6)C5(C)C)cc4)CC3)cn2)cc1. The second-order valence-corrected chi connectivity index (χ2v) is 21.5. The van der Waals surface area contributed by atoms with Gasteiger partial charge in [0.2, 0.25) is 11.8 Å². The van der Waals surface area contributed by atoms with Crippen LogP contribution in [0.3, 0.4) is 0 Å². The smallest absolute Gasteiger partial charge is 0.251 e. The Labute approximate surface area is 409 Å². The number of likely N-dealkylation sites (tertiary alicyclic amines) is 1. The van der Waals surface area contributed by atoms with Gasteiger partial charge in [0.25, 0.3) is 5.91 Å². The molecule has 68 heavy (non-hydrogen) atoms. The van der Waals surface area contributed by atoms with E-state index in [9.17, 15) is 19.6 Å². The summed E-state index contributed by atoms with van der Waals surface area (Å²) in [4.78, 5) is 51.1. The molecule has 3 aliphatic rings. The molecule has 3 atom stereocenters. The third kappa shape index (κ3) is 9.97. The Bertz CT molecular complexity index is 2630. The maximum Gasteiger partial charge on any atom is 0.251 e. The van der Waals surface area contributed by atoms with E-state index in [4.69, 9.17) is 21.1 Å². The number of halogens is 1. The van der Waals surface area contributed by atoms with Crippen LogP contribution < -0.4 is 25.0 Å². The van der Waals surface area contributed by atoms with Crippen molar-refractivity contribution in [3.8, 4) is 28.0 Å². The fourth-order valence-electron chi connectivity index (χ4n) is 10.8.